The molecule has 0 aromatic carbocycles. The third-order valence-corrected chi connectivity index (χ3v) is 3.53. The Morgan fingerprint density at radius 1 is 1.33 bits per heavy atom. The van der Waals surface area contributed by atoms with Crippen molar-refractivity contribution in [2.45, 2.75) is 40.5 Å². The van der Waals surface area contributed by atoms with Crippen molar-refractivity contribution in [1.29, 1.82) is 0 Å². The zero-order chi connectivity index (χ0) is 11.8. The van der Waals surface area contributed by atoms with E-state index in [9.17, 15) is 4.79 Å². The SMILES string of the molecule is CCC(CCBr)CNC(=O)C(C)C(C)C. The lowest BCUT2D eigenvalue weighted by atomic mass is 9.96. The van der Waals surface area contributed by atoms with E-state index in [-0.39, 0.29) is 11.8 Å². The quantitative estimate of drug-likeness (QED) is 0.712. The molecule has 0 aromatic rings. The van der Waals surface area contributed by atoms with Gasteiger partial charge in [0.1, 0.15) is 0 Å². The number of hydrogen-bond donors (Lipinski definition) is 1. The van der Waals surface area contributed by atoms with E-state index in [0.29, 0.717) is 11.8 Å². The van der Waals surface area contributed by atoms with Gasteiger partial charge in [0.15, 0.2) is 0 Å². The number of nitrogens with one attached hydrogen (secondary N) is 1. The summed E-state index contributed by atoms with van der Waals surface area (Å²) in [5.41, 5.74) is 0. The fourth-order valence-electron chi connectivity index (χ4n) is 1.31. The summed E-state index contributed by atoms with van der Waals surface area (Å²) < 4.78 is 0. The minimum atomic E-state index is 0.117. The number of hydrogen-bond acceptors (Lipinski definition) is 1. The van der Waals surface area contributed by atoms with Crippen LogP contribution < -0.4 is 5.32 Å². The second kappa shape index (κ2) is 8.14. The molecule has 2 atom stereocenters. The first-order valence-corrected chi connectivity index (χ1v) is 6.98. The predicted octanol–water partition coefficient (Wildman–Crippen LogP) is 3.21. The first-order valence-electron chi connectivity index (χ1n) is 5.86. The van der Waals surface area contributed by atoms with Crippen molar-refractivity contribution >= 4 is 21.8 Å². The second-order valence-electron chi connectivity index (χ2n) is 4.53. The van der Waals surface area contributed by atoms with Crippen LogP contribution >= 0.6 is 15.9 Å². The summed E-state index contributed by atoms with van der Waals surface area (Å²) in [6, 6.07) is 0. The maximum atomic E-state index is 11.7. The zero-order valence-electron chi connectivity index (χ0n) is 10.3. The Kier molecular flexibility index (Phi) is 8.12. The van der Waals surface area contributed by atoms with Crippen LogP contribution in [0.5, 0.6) is 0 Å². The maximum absolute atomic E-state index is 11.7. The van der Waals surface area contributed by atoms with Crippen molar-refractivity contribution in [2.24, 2.45) is 17.8 Å². The normalized spacial score (nSPS) is 15.1. The fraction of sp³-hybridized carbons (Fsp3) is 0.917. The molecule has 0 aliphatic heterocycles. The van der Waals surface area contributed by atoms with Crippen LogP contribution in [-0.4, -0.2) is 17.8 Å². The van der Waals surface area contributed by atoms with E-state index in [1.165, 1.54) is 0 Å². The Balaban J connectivity index is 3.87. The molecule has 0 fully saturated rings. The van der Waals surface area contributed by atoms with Gasteiger partial charge in [-0.2, -0.15) is 0 Å². The van der Waals surface area contributed by atoms with Crippen LogP contribution in [0.3, 0.4) is 0 Å². The molecular weight excluding hydrogens is 254 g/mol. The molecule has 0 aliphatic carbocycles. The summed E-state index contributed by atoms with van der Waals surface area (Å²) in [5, 5.41) is 4.05. The molecule has 0 aliphatic rings. The monoisotopic (exact) mass is 277 g/mol. The molecule has 0 saturated heterocycles. The number of rotatable bonds is 7. The highest BCUT2D eigenvalue weighted by Crippen LogP contribution is 2.11. The Labute approximate surface area is 102 Å². The number of amides is 1. The molecule has 0 heterocycles. The maximum Gasteiger partial charge on any atom is 0.223 e. The first-order chi connectivity index (χ1) is 7.02. The van der Waals surface area contributed by atoms with Gasteiger partial charge in [-0.15, -0.1) is 0 Å². The summed E-state index contributed by atoms with van der Waals surface area (Å²) in [6.07, 6.45) is 2.26. The first kappa shape index (κ1) is 14.9. The smallest absolute Gasteiger partial charge is 0.223 e. The van der Waals surface area contributed by atoms with Gasteiger partial charge in [0, 0.05) is 17.8 Å². The number of carbonyl (C=O) groups excluding carboxylic acids is 1. The van der Waals surface area contributed by atoms with Gasteiger partial charge in [0.25, 0.3) is 0 Å². The molecule has 2 nitrogen and oxygen atoms in total. The third kappa shape index (κ3) is 6.18. The summed E-state index contributed by atoms with van der Waals surface area (Å²) >= 11 is 3.44. The van der Waals surface area contributed by atoms with Gasteiger partial charge in [0.2, 0.25) is 5.91 Å². The van der Waals surface area contributed by atoms with Gasteiger partial charge < -0.3 is 5.32 Å². The van der Waals surface area contributed by atoms with Crippen LogP contribution in [0, 0.1) is 17.8 Å². The van der Waals surface area contributed by atoms with Crippen LogP contribution in [-0.2, 0) is 4.79 Å². The van der Waals surface area contributed by atoms with Crippen molar-refractivity contribution in [3.63, 3.8) is 0 Å². The lowest BCUT2D eigenvalue weighted by Crippen LogP contribution is -2.35. The lowest BCUT2D eigenvalue weighted by molar-refractivity contribution is -0.125. The number of carbonyl (C=O) groups is 1. The van der Waals surface area contributed by atoms with E-state index in [2.05, 4.69) is 42.0 Å². The van der Waals surface area contributed by atoms with E-state index in [4.69, 9.17) is 0 Å². The molecule has 0 bridgehead atoms. The van der Waals surface area contributed by atoms with Crippen molar-refractivity contribution < 1.29 is 4.79 Å². The van der Waals surface area contributed by atoms with Crippen LogP contribution in [0.15, 0.2) is 0 Å². The Morgan fingerprint density at radius 3 is 2.33 bits per heavy atom. The minimum absolute atomic E-state index is 0.117. The summed E-state index contributed by atoms with van der Waals surface area (Å²) in [5.74, 6) is 1.33. The van der Waals surface area contributed by atoms with E-state index >= 15 is 0 Å². The predicted molar refractivity (Wildman–Crippen MR) is 69.2 cm³/mol. The number of alkyl halides is 1. The highest BCUT2D eigenvalue weighted by Gasteiger charge is 2.17. The Bertz CT molecular complexity index is 182. The van der Waals surface area contributed by atoms with E-state index in [1.54, 1.807) is 0 Å². The van der Waals surface area contributed by atoms with Crippen molar-refractivity contribution in [1.82, 2.24) is 5.32 Å². The van der Waals surface area contributed by atoms with E-state index in [1.807, 2.05) is 6.92 Å². The average molecular weight is 278 g/mol. The van der Waals surface area contributed by atoms with Gasteiger partial charge in [0.05, 0.1) is 0 Å². The van der Waals surface area contributed by atoms with Gasteiger partial charge in [-0.25, -0.2) is 0 Å². The Hall–Kier alpha value is -0.0500. The summed E-state index contributed by atoms with van der Waals surface area (Å²) in [7, 11) is 0. The van der Waals surface area contributed by atoms with Crippen molar-refractivity contribution in [3.8, 4) is 0 Å². The lowest BCUT2D eigenvalue weighted by Gasteiger charge is -2.18. The molecule has 0 saturated carbocycles. The standard InChI is InChI=1S/C12H24BrNO/c1-5-11(6-7-13)8-14-12(15)10(4)9(2)3/h9-11H,5-8H2,1-4H3,(H,14,15). The molecule has 1 amide bonds. The van der Waals surface area contributed by atoms with E-state index in [0.717, 1.165) is 24.7 Å². The average Bonchev–Trinajstić information content (AvgIpc) is 2.22. The number of halogens is 1. The highest BCUT2D eigenvalue weighted by atomic mass is 79.9. The summed E-state index contributed by atoms with van der Waals surface area (Å²) in [4.78, 5) is 11.7. The highest BCUT2D eigenvalue weighted by molar-refractivity contribution is 9.09. The third-order valence-electron chi connectivity index (χ3n) is 3.07. The largest absolute Gasteiger partial charge is 0.356 e. The van der Waals surface area contributed by atoms with Crippen LogP contribution in [0.25, 0.3) is 0 Å². The second-order valence-corrected chi connectivity index (χ2v) is 5.32. The van der Waals surface area contributed by atoms with Gasteiger partial charge >= 0.3 is 0 Å². The molecule has 15 heavy (non-hydrogen) atoms. The van der Waals surface area contributed by atoms with E-state index < -0.39 is 0 Å². The van der Waals surface area contributed by atoms with Crippen LogP contribution in [0.4, 0.5) is 0 Å². The molecule has 2 unspecified atom stereocenters. The molecule has 3 heteroatoms. The van der Waals surface area contributed by atoms with Gasteiger partial charge in [-0.1, -0.05) is 50.0 Å². The summed E-state index contributed by atoms with van der Waals surface area (Å²) in [6.45, 7) is 9.15. The van der Waals surface area contributed by atoms with Crippen molar-refractivity contribution in [2.75, 3.05) is 11.9 Å². The molecule has 90 valence electrons. The molecule has 0 spiro atoms. The minimum Gasteiger partial charge on any atom is -0.356 e. The molecule has 0 rings (SSSR count). The molecule has 1 N–H and O–H groups in total. The Morgan fingerprint density at radius 2 is 1.93 bits per heavy atom. The molecular formula is C12H24BrNO. The fourth-order valence-corrected chi connectivity index (χ4v) is 1.96. The molecule has 0 aromatic heterocycles. The topological polar surface area (TPSA) is 29.1 Å². The van der Waals surface area contributed by atoms with Crippen molar-refractivity contribution in [3.05, 3.63) is 0 Å². The van der Waals surface area contributed by atoms with Crippen LogP contribution in [0.1, 0.15) is 40.5 Å². The van der Waals surface area contributed by atoms with Gasteiger partial charge in [-0.3, -0.25) is 4.79 Å². The van der Waals surface area contributed by atoms with Gasteiger partial charge in [-0.05, 0) is 18.3 Å². The zero-order valence-corrected chi connectivity index (χ0v) is 11.9. The molecule has 0 radical (unpaired) electrons. The van der Waals surface area contributed by atoms with Crippen LogP contribution in [0.2, 0.25) is 0 Å².